The summed E-state index contributed by atoms with van der Waals surface area (Å²) in [7, 11) is 1.59. The van der Waals surface area contributed by atoms with Crippen molar-refractivity contribution in [2.75, 3.05) is 7.11 Å². The predicted octanol–water partition coefficient (Wildman–Crippen LogP) is 7.58. The van der Waals surface area contributed by atoms with E-state index in [1.165, 1.54) is 4.90 Å². The molecule has 37 heavy (non-hydrogen) atoms. The minimum atomic E-state index is -0.294. The standard InChI is InChI=1S/C30H24INO4S/c1-19-7-3-4-10-24(19)18-36-28-25(31)14-21(15-26(28)35-2)16-27-29(33)32(30(34)37-27)17-20-11-12-22-8-5-6-9-23(22)13-20/h3-16H,17-18H2,1-2H3/b27-16-. The first-order chi connectivity index (χ1) is 17.9. The van der Waals surface area contributed by atoms with E-state index in [1.54, 1.807) is 13.2 Å². The second-order valence-electron chi connectivity index (χ2n) is 8.70. The van der Waals surface area contributed by atoms with Gasteiger partial charge < -0.3 is 9.47 Å². The molecule has 0 saturated carbocycles. The number of thioether (sulfide) groups is 1. The molecule has 7 heteroatoms. The molecule has 186 valence electrons. The largest absolute Gasteiger partial charge is 0.493 e. The molecule has 0 radical (unpaired) electrons. The molecule has 2 amide bonds. The maximum absolute atomic E-state index is 13.1. The van der Waals surface area contributed by atoms with Crippen LogP contribution in [0.3, 0.4) is 0 Å². The lowest BCUT2D eigenvalue weighted by molar-refractivity contribution is -0.123. The maximum Gasteiger partial charge on any atom is 0.293 e. The van der Waals surface area contributed by atoms with Gasteiger partial charge in [0.25, 0.3) is 11.1 Å². The van der Waals surface area contributed by atoms with E-state index >= 15 is 0 Å². The zero-order valence-electron chi connectivity index (χ0n) is 20.4. The number of benzene rings is 4. The van der Waals surface area contributed by atoms with Gasteiger partial charge in [-0.25, -0.2) is 0 Å². The summed E-state index contributed by atoms with van der Waals surface area (Å²) in [4.78, 5) is 27.6. The van der Waals surface area contributed by atoms with Crippen LogP contribution in [0.2, 0.25) is 0 Å². The molecule has 0 spiro atoms. The molecule has 0 N–H and O–H groups in total. The van der Waals surface area contributed by atoms with E-state index in [1.807, 2.05) is 72.8 Å². The van der Waals surface area contributed by atoms with Gasteiger partial charge in [0.05, 0.1) is 22.1 Å². The van der Waals surface area contributed by atoms with Crippen LogP contribution in [0.15, 0.2) is 83.8 Å². The summed E-state index contributed by atoms with van der Waals surface area (Å²) < 4.78 is 12.6. The van der Waals surface area contributed by atoms with E-state index in [0.29, 0.717) is 23.0 Å². The lowest BCUT2D eigenvalue weighted by Crippen LogP contribution is -2.27. The molecule has 4 aromatic carbocycles. The summed E-state index contributed by atoms with van der Waals surface area (Å²) in [5.41, 5.74) is 3.94. The monoisotopic (exact) mass is 621 g/mol. The number of imide groups is 1. The lowest BCUT2D eigenvalue weighted by Gasteiger charge is -2.15. The van der Waals surface area contributed by atoms with Gasteiger partial charge in [-0.2, -0.15) is 0 Å². The SMILES string of the molecule is COc1cc(/C=C2\SC(=O)N(Cc3ccc4ccccc4c3)C2=O)cc(I)c1OCc1ccccc1C. The molecule has 1 heterocycles. The number of nitrogens with zero attached hydrogens (tertiary/aromatic N) is 1. The number of methoxy groups -OCH3 is 1. The van der Waals surface area contributed by atoms with Crippen LogP contribution in [-0.2, 0) is 17.9 Å². The van der Waals surface area contributed by atoms with E-state index in [4.69, 9.17) is 9.47 Å². The summed E-state index contributed by atoms with van der Waals surface area (Å²) in [5, 5.41) is 1.92. The Morgan fingerprint density at radius 3 is 2.49 bits per heavy atom. The molecule has 1 aliphatic heterocycles. The number of rotatable bonds is 7. The highest BCUT2D eigenvalue weighted by atomic mass is 127. The van der Waals surface area contributed by atoms with E-state index in [-0.39, 0.29) is 17.7 Å². The third kappa shape index (κ3) is 5.52. The van der Waals surface area contributed by atoms with Gasteiger partial charge in [0.15, 0.2) is 11.5 Å². The fraction of sp³-hybridized carbons (Fsp3) is 0.133. The minimum Gasteiger partial charge on any atom is -0.493 e. The van der Waals surface area contributed by atoms with Gasteiger partial charge in [-0.05, 0) is 98.6 Å². The first-order valence-electron chi connectivity index (χ1n) is 11.7. The molecule has 5 rings (SSSR count). The van der Waals surface area contributed by atoms with Gasteiger partial charge in [0.2, 0.25) is 0 Å². The van der Waals surface area contributed by atoms with Gasteiger partial charge >= 0.3 is 0 Å². The first-order valence-corrected chi connectivity index (χ1v) is 13.6. The van der Waals surface area contributed by atoms with Crippen LogP contribution in [0, 0.1) is 10.5 Å². The Hall–Kier alpha value is -3.30. The van der Waals surface area contributed by atoms with Gasteiger partial charge in [-0.3, -0.25) is 14.5 Å². The Kier molecular flexibility index (Phi) is 7.53. The van der Waals surface area contributed by atoms with Crippen molar-refractivity contribution in [2.45, 2.75) is 20.1 Å². The van der Waals surface area contributed by atoms with Crippen LogP contribution in [0.25, 0.3) is 16.8 Å². The topological polar surface area (TPSA) is 55.8 Å². The highest BCUT2D eigenvalue weighted by Gasteiger charge is 2.35. The number of hydrogen-bond donors (Lipinski definition) is 0. The molecular formula is C30H24INO4S. The fourth-order valence-corrected chi connectivity index (χ4v) is 5.81. The fourth-order valence-electron chi connectivity index (χ4n) is 4.19. The number of halogens is 1. The summed E-state index contributed by atoms with van der Waals surface area (Å²) in [6.45, 7) is 2.71. The van der Waals surface area contributed by atoms with Gasteiger partial charge in [-0.1, -0.05) is 60.7 Å². The third-order valence-electron chi connectivity index (χ3n) is 6.21. The summed E-state index contributed by atoms with van der Waals surface area (Å²) in [6.07, 6.45) is 1.74. The van der Waals surface area contributed by atoms with Gasteiger partial charge in [0, 0.05) is 0 Å². The van der Waals surface area contributed by atoms with Crippen molar-refractivity contribution >= 4 is 62.3 Å². The van der Waals surface area contributed by atoms with Crippen LogP contribution < -0.4 is 9.47 Å². The second kappa shape index (κ2) is 11.0. The van der Waals surface area contributed by atoms with Crippen molar-refractivity contribution in [2.24, 2.45) is 0 Å². The molecule has 0 unspecified atom stereocenters. The highest BCUT2D eigenvalue weighted by molar-refractivity contribution is 14.1. The van der Waals surface area contributed by atoms with E-state index < -0.39 is 0 Å². The molecule has 1 aliphatic rings. The number of hydrogen-bond acceptors (Lipinski definition) is 5. The quantitative estimate of drug-likeness (QED) is 0.157. The number of carbonyl (C=O) groups excluding carboxylic acids is 2. The van der Waals surface area contributed by atoms with Crippen LogP contribution in [-0.4, -0.2) is 23.2 Å². The number of fused-ring (bicyclic) bond motifs is 1. The predicted molar refractivity (Wildman–Crippen MR) is 157 cm³/mol. The van der Waals surface area contributed by atoms with Gasteiger partial charge in [0.1, 0.15) is 6.61 Å². The molecule has 5 nitrogen and oxygen atoms in total. The average molecular weight is 621 g/mol. The third-order valence-corrected chi connectivity index (χ3v) is 7.92. The molecule has 0 atom stereocenters. The van der Waals surface area contributed by atoms with Crippen LogP contribution in [0.1, 0.15) is 22.3 Å². The van der Waals surface area contributed by atoms with Gasteiger partial charge in [-0.15, -0.1) is 0 Å². The summed E-state index contributed by atoms with van der Waals surface area (Å²) in [5.74, 6) is 0.923. The Balaban J connectivity index is 1.35. The summed E-state index contributed by atoms with van der Waals surface area (Å²) >= 11 is 3.16. The lowest BCUT2D eigenvalue weighted by atomic mass is 10.1. The molecule has 0 aromatic heterocycles. The smallest absolute Gasteiger partial charge is 0.293 e. The van der Waals surface area contributed by atoms with Crippen molar-refractivity contribution in [3.05, 3.63) is 110 Å². The van der Waals surface area contributed by atoms with E-state index in [9.17, 15) is 9.59 Å². The molecule has 1 saturated heterocycles. The number of ether oxygens (including phenoxy) is 2. The Labute approximate surface area is 233 Å². The average Bonchev–Trinajstić information content (AvgIpc) is 3.15. The number of carbonyl (C=O) groups is 2. The van der Waals surface area contributed by atoms with Crippen LogP contribution in [0.4, 0.5) is 4.79 Å². The van der Waals surface area contributed by atoms with Crippen LogP contribution >= 0.6 is 34.4 Å². The first kappa shape index (κ1) is 25.4. The van der Waals surface area contributed by atoms with Crippen molar-refractivity contribution in [3.8, 4) is 11.5 Å². The van der Waals surface area contributed by atoms with Crippen molar-refractivity contribution < 1.29 is 19.1 Å². The zero-order chi connectivity index (χ0) is 25.9. The second-order valence-corrected chi connectivity index (χ2v) is 10.9. The van der Waals surface area contributed by atoms with E-state index in [0.717, 1.165) is 48.4 Å². The Morgan fingerprint density at radius 1 is 0.946 bits per heavy atom. The van der Waals surface area contributed by atoms with Crippen molar-refractivity contribution in [1.29, 1.82) is 0 Å². The zero-order valence-corrected chi connectivity index (χ0v) is 23.3. The molecule has 1 fully saturated rings. The molecule has 0 bridgehead atoms. The number of amides is 2. The van der Waals surface area contributed by atoms with Crippen molar-refractivity contribution in [1.82, 2.24) is 4.90 Å². The van der Waals surface area contributed by atoms with Crippen molar-refractivity contribution in [3.63, 3.8) is 0 Å². The summed E-state index contributed by atoms with van der Waals surface area (Å²) in [6, 6.07) is 25.8. The number of aryl methyl sites for hydroxylation is 1. The Bertz CT molecular complexity index is 1550. The molecule has 4 aromatic rings. The normalized spacial score (nSPS) is 14.6. The van der Waals surface area contributed by atoms with Crippen LogP contribution in [0.5, 0.6) is 11.5 Å². The maximum atomic E-state index is 13.1. The molecular weight excluding hydrogens is 597 g/mol. The highest BCUT2D eigenvalue weighted by Crippen LogP contribution is 2.38. The minimum absolute atomic E-state index is 0.235. The molecule has 0 aliphatic carbocycles. The van der Waals surface area contributed by atoms with E-state index in [2.05, 4.69) is 35.6 Å². The Morgan fingerprint density at radius 2 is 1.70 bits per heavy atom.